The van der Waals surface area contributed by atoms with E-state index in [1.54, 1.807) is 7.11 Å². The van der Waals surface area contributed by atoms with Crippen LogP contribution in [0.5, 0.6) is 5.75 Å². The van der Waals surface area contributed by atoms with Crippen LogP contribution >= 0.6 is 15.9 Å². The van der Waals surface area contributed by atoms with Crippen molar-refractivity contribution in [1.82, 2.24) is 9.80 Å². The van der Waals surface area contributed by atoms with Gasteiger partial charge in [-0.3, -0.25) is 0 Å². The summed E-state index contributed by atoms with van der Waals surface area (Å²) in [4.78, 5) is 16.9. The molecule has 4 rings (SSSR count). The average molecular weight is 509 g/mol. The number of cyclic esters (lactones) is 1. The Labute approximate surface area is 200 Å². The largest absolute Gasteiger partial charge is 0.491 e. The minimum Gasteiger partial charge on any atom is -0.491 e. The molecule has 0 radical (unpaired) electrons. The van der Waals surface area contributed by atoms with Crippen molar-refractivity contribution in [2.75, 3.05) is 46.5 Å². The zero-order chi connectivity index (χ0) is 22.3. The van der Waals surface area contributed by atoms with Gasteiger partial charge in [0.15, 0.2) is 0 Å². The zero-order valence-electron chi connectivity index (χ0n) is 19.3. The van der Waals surface area contributed by atoms with Crippen molar-refractivity contribution in [3.63, 3.8) is 0 Å². The van der Waals surface area contributed by atoms with Crippen LogP contribution in [-0.4, -0.2) is 74.5 Å². The molecule has 1 amide bonds. The lowest BCUT2D eigenvalue weighted by atomic mass is 9.94. The predicted octanol–water partition coefficient (Wildman–Crippen LogP) is 4.88. The summed E-state index contributed by atoms with van der Waals surface area (Å²) in [6.07, 6.45) is 9.24. The number of methoxy groups -OCH3 is 1. The third kappa shape index (κ3) is 6.39. The Kier molecular flexibility index (Phi) is 8.72. The number of benzene rings is 1. The van der Waals surface area contributed by atoms with Crippen LogP contribution in [0.1, 0.15) is 50.5 Å². The molecule has 2 unspecified atom stereocenters. The summed E-state index contributed by atoms with van der Waals surface area (Å²) in [6, 6.07) is 6.64. The maximum Gasteiger partial charge on any atom is 0.410 e. The van der Waals surface area contributed by atoms with Gasteiger partial charge in [0, 0.05) is 30.7 Å². The molecule has 3 fully saturated rings. The van der Waals surface area contributed by atoms with Gasteiger partial charge in [0.2, 0.25) is 0 Å². The maximum absolute atomic E-state index is 12.3. The van der Waals surface area contributed by atoms with Gasteiger partial charge in [-0.1, -0.05) is 35.2 Å². The lowest BCUT2D eigenvalue weighted by molar-refractivity contribution is 0.117. The highest BCUT2D eigenvalue weighted by molar-refractivity contribution is 9.10. The van der Waals surface area contributed by atoms with Crippen molar-refractivity contribution in [3.05, 3.63) is 28.2 Å². The highest BCUT2D eigenvalue weighted by atomic mass is 79.9. The molecule has 178 valence electrons. The highest BCUT2D eigenvalue weighted by Crippen LogP contribution is 2.30. The summed E-state index contributed by atoms with van der Waals surface area (Å²) < 4.78 is 17.7. The van der Waals surface area contributed by atoms with E-state index in [4.69, 9.17) is 14.2 Å². The number of ether oxygens (including phenoxy) is 3. The zero-order valence-corrected chi connectivity index (χ0v) is 20.9. The van der Waals surface area contributed by atoms with Gasteiger partial charge in [-0.05, 0) is 68.3 Å². The van der Waals surface area contributed by atoms with E-state index in [1.165, 1.54) is 31.2 Å². The fourth-order valence-electron chi connectivity index (χ4n) is 5.34. The first kappa shape index (κ1) is 23.8. The van der Waals surface area contributed by atoms with Gasteiger partial charge in [0.05, 0.1) is 13.2 Å². The second-order valence-corrected chi connectivity index (χ2v) is 10.3. The highest BCUT2D eigenvalue weighted by Gasteiger charge is 2.36. The van der Waals surface area contributed by atoms with Gasteiger partial charge >= 0.3 is 6.09 Å². The number of likely N-dealkylation sites (tertiary alicyclic amines) is 1. The summed E-state index contributed by atoms with van der Waals surface area (Å²) in [5.74, 6) is 1.55. The third-order valence-corrected chi connectivity index (χ3v) is 7.91. The molecule has 1 saturated carbocycles. The molecule has 2 atom stereocenters. The monoisotopic (exact) mass is 508 g/mol. The van der Waals surface area contributed by atoms with Crippen LogP contribution in [0.3, 0.4) is 0 Å². The van der Waals surface area contributed by atoms with E-state index in [0.717, 1.165) is 62.1 Å². The first-order valence-electron chi connectivity index (χ1n) is 12.2. The Bertz CT molecular complexity index is 755. The Morgan fingerprint density at radius 2 is 1.97 bits per heavy atom. The Morgan fingerprint density at radius 3 is 2.78 bits per heavy atom. The summed E-state index contributed by atoms with van der Waals surface area (Å²) in [5, 5.41) is 0. The van der Waals surface area contributed by atoms with E-state index in [-0.39, 0.29) is 12.2 Å². The Hall–Kier alpha value is -1.31. The first-order chi connectivity index (χ1) is 15.6. The quantitative estimate of drug-likeness (QED) is 0.421. The van der Waals surface area contributed by atoms with Gasteiger partial charge in [0.25, 0.3) is 0 Å². The maximum atomic E-state index is 12.3. The molecule has 0 N–H and O–H groups in total. The van der Waals surface area contributed by atoms with Crippen LogP contribution in [-0.2, 0) is 15.9 Å². The molecule has 1 aromatic carbocycles. The van der Waals surface area contributed by atoms with E-state index in [2.05, 4.69) is 33.0 Å². The van der Waals surface area contributed by atoms with Gasteiger partial charge in [-0.15, -0.1) is 0 Å². The molecule has 3 aliphatic rings. The molecule has 1 aromatic rings. The molecule has 6 nitrogen and oxygen atoms in total. The summed E-state index contributed by atoms with van der Waals surface area (Å²) in [5.41, 5.74) is 1.31. The van der Waals surface area contributed by atoms with E-state index in [1.807, 2.05) is 11.0 Å². The molecule has 0 aromatic heterocycles. The number of nitrogens with zero attached hydrogens (tertiary/aromatic N) is 2. The van der Waals surface area contributed by atoms with Gasteiger partial charge in [0.1, 0.15) is 18.5 Å². The van der Waals surface area contributed by atoms with Gasteiger partial charge in [-0.2, -0.15) is 0 Å². The van der Waals surface area contributed by atoms with Crippen LogP contribution < -0.4 is 4.74 Å². The van der Waals surface area contributed by atoms with Crippen molar-refractivity contribution in [2.45, 2.75) is 63.5 Å². The summed E-state index contributed by atoms with van der Waals surface area (Å²) in [7, 11) is 1.69. The number of hydrogen-bond donors (Lipinski definition) is 0. The fourth-order valence-corrected chi connectivity index (χ4v) is 5.75. The number of hydrogen-bond acceptors (Lipinski definition) is 5. The molecule has 2 saturated heterocycles. The van der Waals surface area contributed by atoms with Crippen LogP contribution in [0.2, 0.25) is 0 Å². The first-order valence-corrected chi connectivity index (χ1v) is 13.0. The van der Waals surface area contributed by atoms with Gasteiger partial charge < -0.3 is 24.0 Å². The number of halogens is 1. The SMILES string of the molecule is COCCOc1ccc(Br)c(CC2CCN(CCC3CN(C4CCCCC4)C(=O)O3)C2)c1. The number of carbonyl (C=O) groups is 1. The Morgan fingerprint density at radius 1 is 1.12 bits per heavy atom. The van der Waals surface area contributed by atoms with Crippen LogP contribution in [0.15, 0.2) is 22.7 Å². The average Bonchev–Trinajstić information content (AvgIpc) is 3.41. The smallest absolute Gasteiger partial charge is 0.410 e. The lowest BCUT2D eigenvalue weighted by Crippen LogP contribution is -2.38. The second kappa shape index (κ2) is 11.7. The number of carbonyl (C=O) groups excluding carboxylic acids is 1. The van der Waals surface area contributed by atoms with Crippen molar-refractivity contribution < 1.29 is 19.0 Å². The van der Waals surface area contributed by atoms with Crippen molar-refractivity contribution in [2.24, 2.45) is 5.92 Å². The van der Waals surface area contributed by atoms with Crippen LogP contribution in [0.4, 0.5) is 4.79 Å². The van der Waals surface area contributed by atoms with Gasteiger partial charge in [-0.25, -0.2) is 4.79 Å². The van der Waals surface area contributed by atoms with Crippen LogP contribution in [0, 0.1) is 5.92 Å². The fraction of sp³-hybridized carbons (Fsp3) is 0.720. The third-order valence-electron chi connectivity index (χ3n) is 7.14. The standard InChI is InChI=1S/C25H37BrN2O4/c1-30-13-14-31-22-7-8-24(26)20(16-22)15-19-9-11-27(17-19)12-10-23-18-28(25(29)32-23)21-5-3-2-4-6-21/h7-8,16,19,21,23H,2-6,9-15,17-18H2,1H3. The summed E-state index contributed by atoms with van der Waals surface area (Å²) >= 11 is 3.71. The molecular formula is C25H37BrN2O4. The molecule has 7 heteroatoms. The van der Waals surface area contributed by atoms with E-state index >= 15 is 0 Å². The molecule has 0 spiro atoms. The molecule has 1 aliphatic carbocycles. The van der Waals surface area contributed by atoms with Crippen molar-refractivity contribution >= 4 is 22.0 Å². The van der Waals surface area contributed by atoms with Crippen LogP contribution in [0.25, 0.3) is 0 Å². The minimum atomic E-state index is -0.0846. The number of rotatable bonds is 10. The van der Waals surface area contributed by atoms with E-state index in [9.17, 15) is 4.79 Å². The topological polar surface area (TPSA) is 51.2 Å². The normalized spacial score (nSPS) is 24.8. The molecule has 32 heavy (non-hydrogen) atoms. The molecule has 2 aliphatic heterocycles. The predicted molar refractivity (Wildman–Crippen MR) is 128 cm³/mol. The summed E-state index contributed by atoms with van der Waals surface area (Å²) in [6.45, 7) is 5.18. The lowest BCUT2D eigenvalue weighted by Gasteiger charge is -2.29. The number of amides is 1. The Balaban J connectivity index is 1.21. The van der Waals surface area contributed by atoms with Crippen molar-refractivity contribution in [1.29, 1.82) is 0 Å². The van der Waals surface area contributed by atoms with Crippen molar-refractivity contribution in [3.8, 4) is 5.75 Å². The minimum absolute atomic E-state index is 0.0542. The molecular weight excluding hydrogens is 472 g/mol. The van der Waals surface area contributed by atoms with E-state index in [0.29, 0.717) is 25.2 Å². The second-order valence-electron chi connectivity index (χ2n) is 9.49. The molecule has 0 bridgehead atoms. The van der Waals surface area contributed by atoms with E-state index < -0.39 is 0 Å². The molecule has 2 heterocycles.